The van der Waals surface area contributed by atoms with Gasteiger partial charge in [-0.25, -0.2) is 4.39 Å². The SMILES string of the molecule is O=C(NC(=S)N[C@@]1(c2ccccc2F)C[C@@H](OCc2ccccc2)CC[C@@H]1CO)c1ccccc1. The minimum Gasteiger partial charge on any atom is -0.396 e. The largest absolute Gasteiger partial charge is 0.396 e. The second kappa shape index (κ2) is 11.5. The first-order chi connectivity index (χ1) is 17.0. The molecule has 7 heteroatoms. The molecule has 1 amide bonds. The molecule has 0 aromatic heterocycles. The molecule has 0 saturated heterocycles. The molecule has 0 unspecified atom stereocenters. The standard InChI is InChI=1S/C28H29FN2O3S/c29-25-14-8-7-13-24(25)28(31-27(35)30-26(33)21-11-5-2-6-12-21)17-23(16-15-22(28)18-32)34-19-20-9-3-1-4-10-20/h1-14,22-23,32H,15-19H2,(H2,30,31,33,35)/t22-,23+,28+/m1/s1. The van der Waals surface area contributed by atoms with E-state index in [4.69, 9.17) is 17.0 Å². The Hall–Kier alpha value is -3.13. The maximum atomic E-state index is 15.2. The van der Waals surface area contributed by atoms with Crippen molar-refractivity contribution in [3.8, 4) is 0 Å². The number of amides is 1. The number of benzene rings is 3. The van der Waals surface area contributed by atoms with Crippen molar-refractivity contribution < 1.29 is 19.0 Å². The van der Waals surface area contributed by atoms with Crippen LogP contribution in [0, 0.1) is 11.7 Å². The highest BCUT2D eigenvalue weighted by molar-refractivity contribution is 7.80. The van der Waals surface area contributed by atoms with Gasteiger partial charge in [0.1, 0.15) is 5.82 Å². The first-order valence-corrected chi connectivity index (χ1v) is 12.1. The summed E-state index contributed by atoms with van der Waals surface area (Å²) in [4.78, 5) is 12.7. The third-order valence-electron chi connectivity index (χ3n) is 6.59. The fraction of sp³-hybridized carbons (Fsp3) is 0.286. The van der Waals surface area contributed by atoms with Crippen LogP contribution in [0.4, 0.5) is 4.39 Å². The quantitative estimate of drug-likeness (QED) is 0.417. The molecule has 3 atom stereocenters. The summed E-state index contributed by atoms with van der Waals surface area (Å²) in [5.74, 6) is -1.10. The van der Waals surface area contributed by atoms with E-state index < -0.39 is 11.4 Å². The van der Waals surface area contributed by atoms with Crippen LogP contribution in [0.3, 0.4) is 0 Å². The molecule has 35 heavy (non-hydrogen) atoms. The monoisotopic (exact) mass is 492 g/mol. The lowest BCUT2D eigenvalue weighted by atomic mass is 9.68. The highest BCUT2D eigenvalue weighted by Gasteiger charge is 2.47. The van der Waals surface area contributed by atoms with Gasteiger partial charge >= 0.3 is 0 Å². The predicted molar refractivity (Wildman–Crippen MR) is 137 cm³/mol. The van der Waals surface area contributed by atoms with Gasteiger partial charge in [-0.2, -0.15) is 0 Å². The highest BCUT2D eigenvalue weighted by atomic mass is 32.1. The van der Waals surface area contributed by atoms with Crippen molar-refractivity contribution in [2.75, 3.05) is 6.61 Å². The first-order valence-electron chi connectivity index (χ1n) is 11.7. The van der Waals surface area contributed by atoms with Crippen LogP contribution < -0.4 is 10.6 Å². The number of rotatable bonds is 7. The summed E-state index contributed by atoms with van der Waals surface area (Å²) in [5.41, 5.74) is 0.846. The number of carbonyl (C=O) groups is 1. The molecule has 1 aliphatic rings. The number of nitrogens with one attached hydrogen (secondary N) is 2. The Labute approximate surface area is 210 Å². The molecule has 1 saturated carbocycles. The van der Waals surface area contributed by atoms with Gasteiger partial charge in [-0.05, 0) is 48.8 Å². The maximum Gasteiger partial charge on any atom is 0.257 e. The van der Waals surface area contributed by atoms with E-state index in [2.05, 4.69) is 10.6 Å². The second-order valence-electron chi connectivity index (χ2n) is 8.81. The summed E-state index contributed by atoms with van der Waals surface area (Å²) in [5, 5.41) is 16.3. The summed E-state index contributed by atoms with van der Waals surface area (Å²) in [7, 11) is 0. The van der Waals surface area contributed by atoms with E-state index in [1.165, 1.54) is 6.07 Å². The normalized spacial score (nSPS) is 21.8. The zero-order valence-corrected chi connectivity index (χ0v) is 20.1. The molecule has 5 nitrogen and oxygen atoms in total. The number of carbonyl (C=O) groups excluding carboxylic acids is 1. The molecular weight excluding hydrogens is 463 g/mol. The van der Waals surface area contributed by atoms with Crippen molar-refractivity contribution in [2.45, 2.75) is 37.5 Å². The molecule has 0 aliphatic heterocycles. The average Bonchev–Trinajstić information content (AvgIpc) is 2.88. The van der Waals surface area contributed by atoms with E-state index in [1.54, 1.807) is 42.5 Å². The number of thiocarbonyl (C=S) groups is 1. The van der Waals surface area contributed by atoms with Gasteiger partial charge in [-0.15, -0.1) is 0 Å². The fourth-order valence-electron chi connectivity index (χ4n) is 4.81. The van der Waals surface area contributed by atoms with Crippen molar-refractivity contribution >= 4 is 23.2 Å². The lowest BCUT2D eigenvalue weighted by Gasteiger charge is -2.47. The summed E-state index contributed by atoms with van der Waals surface area (Å²) in [6, 6.07) is 25.1. The van der Waals surface area contributed by atoms with Crippen LogP contribution in [-0.4, -0.2) is 28.8 Å². The van der Waals surface area contributed by atoms with Gasteiger partial charge in [-0.3, -0.25) is 10.1 Å². The summed E-state index contributed by atoms with van der Waals surface area (Å²) in [6.45, 7) is 0.264. The second-order valence-corrected chi connectivity index (χ2v) is 9.21. The Morgan fingerprint density at radius 3 is 2.34 bits per heavy atom. The van der Waals surface area contributed by atoms with Gasteiger partial charge in [0.2, 0.25) is 0 Å². The number of ether oxygens (including phenoxy) is 1. The Kier molecular flexibility index (Phi) is 8.23. The van der Waals surface area contributed by atoms with E-state index in [1.807, 2.05) is 36.4 Å². The molecule has 0 radical (unpaired) electrons. The van der Waals surface area contributed by atoms with Gasteiger partial charge in [0, 0.05) is 30.1 Å². The Balaban J connectivity index is 1.60. The average molecular weight is 493 g/mol. The smallest absolute Gasteiger partial charge is 0.257 e. The highest BCUT2D eigenvalue weighted by Crippen LogP contribution is 2.43. The van der Waals surface area contributed by atoms with Gasteiger partial charge in [0.05, 0.1) is 18.2 Å². The molecule has 4 rings (SSSR count). The molecule has 0 bridgehead atoms. The molecule has 3 aromatic rings. The Bertz CT molecular complexity index is 1150. The third-order valence-corrected chi connectivity index (χ3v) is 6.79. The van der Waals surface area contributed by atoms with Crippen LogP contribution in [0.15, 0.2) is 84.9 Å². The first kappa shape index (κ1) is 25.0. The van der Waals surface area contributed by atoms with Crippen molar-refractivity contribution in [3.63, 3.8) is 0 Å². The minimum absolute atomic E-state index is 0.0734. The van der Waals surface area contributed by atoms with Crippen molar-refractivity contribution in [2.24, 2.45) is 5.92 Å². The third kappa shape index (κ3) is 5.93. The molecule has 3 N–H and O–H groups in total. The van der Waals surface area contributed by atoms with Crippen LogP contribution >= 0.6 is 12.2 Å². The van der Waals surface area contributed by atoms with Gasteiger partial charge < -0.3 is 15.2 Å². The van der Waals surface area contributed by atoms with Gasteiger partial charge in [0.15, 0.2) is 5.11 Å². The van der Waals surface area contributed by atoms with Gasteiger partial charge in [0.25, 0.3) is 5.91 Å². The topological polar surface area (TPSA) is 70.6 Å². The Morgan fingerprint density at radius 2 is 1.66 bits per heavy atom. The number of hydrogen-bond donors (Lipinski definition) is 3. The Morgan fingerprint density at radius 1 is 1.00 bits per heavy atom. The molecule has 0 spiro atoms. The lowest BCUT2D eigenvalue weighted by molar-refractivity contribution is -0.0397. The zero-order valence-electron chi connectivity index (χ0n) is 19.3. The molecule has 1 aliphatic carbocycles. The van der Waals surface area contributed by atoms with Crippen LogP contribution in [0.25, 0.3) is 0 Å². The van der Waals surface area contributed by atoms with E-state index >= 15 is 4.39 Å². The molecule has 0 heterocycles. The fourth-order valence-corrected chi connectivity index (χ4v) is 5.09. The van der Waals surface area contributed by atoms with E-state index in [0.717, 1.165) is 12.0 Å². The summed E-state index contributed by atoms with van der Waals surface area (Å²) in [6.07, 6.45) is 1.51. The molecule has 182 valence electrons. The van der Waals surface area contributed by atoms with Crippen molar-refractivity contribution in [1.29, 1.82) is 0 Å². The van der Waals surface area contributed by atoms with E-state index in [0.29, 0.717) is 30.6 Å². The van der Waals surface area contributed by atoms with Gasteiger partial charge in [-0.1, -0.05) is 66.7 Å². The van der Waals surface area contributed by atoms with Crippen molar-refractivity contribution in [3.05, 3.63) is 107 Å². The number of aliphatic hydroxyl groups excluding tert-OH is 1. The van der Waals surface area contributed by atoms with Crippen molar-refractivity contribution in [1.82, 2.24) is 10.6 Å². The molecule has 1 fully saturated rings. The number of aliphatic hydroxyl groups is 1. The van der Waals surface area contributed by atoms with Crippen LogP contribution in [0.5, 0.6) is 0 Å². The number of halogens is 1. The molecular formula is C28H29FN2O3S. The summed E-state index contributed by atoms with van der Waals surface area (Å²) >= 11 is 5.52. The van der Waals surface area contributed by atoms with Crippen LogP contribution in [0.2, 0.25) is 0 Å². The number of hydrogen-bond acceptors (Lipinski definition) is 4. The predicted octanol–water partition coefficient (Wildman–Crippen LogP) is 4.70. The van der Waals surface area contributed by atoms with E-state index in [-0.39, 0.29) is 29.6 Å². The molecule has 3 aromatic carbocycles. The van der Waals surface area contributed by atoms with Crippen LogP contribution in [0.1, 0.15) is 40.7 Å². The summed E-state index contributed by atoms with van der Waals surface area (Å²) < 4.78 is 21.4. The minimum atomic E-state index is -1.05. The van der Waals surface area contributed by atoms with Crippen LogP contribution in [-0.2, 0) is 16.9 Å². The lowest BCUT2D eigenvalue weighted by Crippen LogP contribution is -2.59. The maximum absolute atomic E-state index is 15.2. The zero-order chi connectivity index (χ0) is 24.7. The van der Waals surface area contributed by atoms with E-state index in [9.17, 15) is 9.90 Å².